The molecule has 0 bridgehead atoms. The van der Waals surface area contributed by atoms with Gasteiger partial charge in [-0.15, -0.1) is 11.3 Å². The number of nitrogens with zero attached hydrogens (tertiary/aromatic N) is 2. The molecule has 5 nitrogen and oxygen atoms in total. The topological polar surface area (TPSA) is 72.2 Å². The molecule has 0 spiro atoms. The van der Waals surface area contributed by atoms with Gasteiger partial charge in [-0.1, -0.05) is 30.3 Å². The zero-order valence-electron chi connectivity index (χ0n) is 15.5. The quantitative estimate of drug-likeness (QED) is 0.557. The minimum absolute atomic E-state index is 0.125. The number of aromatic carboxylic acids is 1. The van der Waals surface area contributed by atoms with E-state index in [1.54, 1.807) is 18.2 Å². The highest BCUT2D eigenvalue weighted by molar-refractivity contribution is 7.17. The second-order valence-corrected chi connectivity index (χ2v) is 7.67. The Bertz CT molecular complexity index is 1270. The lowest BCUT2D eigenvalue weighted by Crippen LogP contribution is -2.21. The average molecular weight is 390 g/mol. The SMILES string of the molecule is Cc1ccc(-c2csc3ncn(Cc4cccc(C(=O)O)c4)c(=O)c23)cc1C. The van der Waals surface area contributed by atoms with Gasteiger partial charge in [-0.2, -0.15) is 0 Å². The van der Waals surface area contributed by atoms with Crippen LogP contribution in [0.15, 0.2) is 59.0 Å². The summed E-state index contributed by atoms with van der Waals surface area (Å²) in [6, 6.07) is 12.8. The number of carboxylic acid groups (broad SMARTS) is 1. The largest absolute Gasteiger partial charge is 0.478 e. The van der Waals surface area contributed by atoms with Crippen molar-refractivity contribution in [3.8, 4) is 11.1 Å². The molecule has 0 unspecified atom stereocenters. The van der Waals surface area contributed by atoms with Crippen molar-refractivity contribution in [3.63, 3.8) is 0 Å². The Morgan fingerprint density at radius 1 is 1.14 bits per heavy atom. The lowest BCUT2D eigenvalue weighted by Gasteiger charge is -2.08. The van der Waals surface area contributed by atoms with E-state index in [0.717, 1.165) is 16.7 Å². The lowest BCUT2D eigenvalue weighted by atomic mass is 10.0. The number of benzene rings is 2. The van der Waals surface area contributed by atoms with Crippen molar-refractivity contribution in [2.75, 3.05) is 0 Å². The van der Waals surface area contributed by atoms with Crippen molar-refractivity contribution in [1.29, 1.82) is 0 Å². The maximum Gasteiger partial charge on any atom is 0.335 e. The Morgan fingerprint density at radius 2 is 1.96 bits per heavy atom. The van der Waals surface area contributed by atoms with Gasteiger partial charge in [0.15, 0.2) is 0 Å². The molecule has 0 aliphatic heterocycles. The molecule has 0 fully saturated rings. The molecule has 4 rings (SSSR count). The van der Waals surface area contributed by atoms with Crippen LogP contribution < -0.4 is 5.56 Å². The van der Waals surface area contributed by atoms with Gasteiger partial charge in [-0.05, 0) is 48.2 Å². The summed E-state index contributed by atoms with van der Waals surface area (Å²) in [7, 11) is 0. The van der Waals surface area contributed by atoms with Gasteiger partial charge in [-0.3, -0.25) is 9.36 Å². The van der Waals surface area contributed by atoms with Crippen molar-refractivity contribution >= 4 is 27.5 Å². The number of fused-ring (bicyclic) bond motifs is 1. The monoisotopic (exact) mass is 390 g/mol. The van der Waals surface area contributed by atoms with Crippen LogP contribution in [-0.4, -0.2) is 20.6 Å². The first-order valence-corrected chi connectivity index (χ1v) is 9.68. The predicted molar refractivity (Wildman–Crippen MR) is 111 cm³/mol. The van der Waals surface area contributed by atoms with E-state index < -0.39 is 5.97 Å². The Morgan fingerprint density at radius 3 is 2.71 bits per heavy atom. The molecule has 0 amide bonds. The van der Waals surface area contributed by atoms with Crippen molar-refractivity contribution in [2.24, 2.45) is 0 Å². The number of carbonyl (C=O) groups is 1. The molecule has 1 N–H and O–H groups in total. The van der Waals surface area contributed by atoms with Gasteiger partial charge >= 0.3 is 5.97 Å². The Kier molecular flexibility index (Phi) is 4.57. The fourth-order valence-corrected chi connectivity index (χ4v) is 4.11. The average Bonchev–Trinajstić information content (AvgIpc) is 3.11. The van der Waals surface area contributed by atoms with Crippen LogP contribution in [0.3, 0.4) is 0 Å². The Balaban J connectivity index is 1.80. The standard InChI is InChI=1S/C22H18N2O3S/c1-13-6-7-16(8-14(13)2)18-11-28-20-19(18)21(25)24(12-23-20)10-15-4-3-5-17(9-15)22(26)27/h3-9,11-12H,10H2,1-2H3,(H,26,27). The minimum Gasteiger partial charge on any atom is -0.478 e. The van der Waals surface area contributed by atoms with Crippen molar-refractivity contribution in [3.05, 3.63) is 86.8 Å². The van der Waals surface area contributed by atoms with E-state index >= 15 is 0 Å². The highest BCUT2D eigenvalue weighted by Gasteiger charge is 2.14. The minimum atomic E-state index is -0.988. The molecule has 0 atom stereocenters. The van der Waals surface area contributed by atoms with Crippen molar-refractivity contribution < 1.29 is 9.90 Å². The van der Waals surface area contributed by atoms with Crippen LogP contribution in [0.2, 0.25) is 0 Å². The number of aromatic nitrogens is 2. The molecule has 28 heavy (non-hydrogen) atoms. The van der Waals surface area contributed by atoms with Crippen LogP contribution >= 0.6 is 11.3 Å². The summed E-state index contributed by atoms with van der Waals surface area (Å²) < 4.78 is 1.53. The van der Waals surface area contributed by atoms with E-state index in [-0.39, 0.29) is 17.7 Å². The van der Waals surface area contributed by atoms with Gasteiger partial charge in [0.25, 0.3) is 5.56 Å². The third-order valence-electron chi connectivity index (χ3n) is 4.91. The molecule has 140 valence electrons. The van der Waals surface area contributed by atoms with Crippen LogP contribution in [0.25, 0.3) is 21.3 Å². The number of carboxylic acids is 1. The van der Waals surface area contributed by atoms with Gasteiger partial charge in [0.05, 0.1) is 23.8 Å². The molecule has 0 aliphatic rings. The zero-order chi connectivity index (χ0) is 19.8. The third kappa shape index (κ3) is 3.23. The fourth-order valence-electron chi connectivity index (χ4n) is 3.20. The molecule has 2 heterocycles. The second kappa shape index (κ2) is 7.05. The number of aryl methyl sites for hydroxylation is 2. The maximum absolute atomic E-state index is 13.2. The molecule has 0 radical (unpaired) electrons. The summed E-state index contributed by atoms with van der Waals surface area (Å²) in [4.78, 5) is 29.5. The number of hydrogen-bond acceptors (Lipinski definition) is 4. The summed E-state index contributed by atoms with van der Waals surface area (Å²) in [5.74, 6) is -0.988. The van der Waals surface area contributed by atoms with Crippen LogP contribution in [0.5, 0.6) is 0 Å². The molecule has 4 aromatic rings. The van der Waals surface area contributed by atoms with Crippen molar-refractivity contribution in [1.82, 2.24) is 9.55 Å². The van der Waals surface area contributed by atoms with E-state index in [9.17, 15) is 9.59 Å². The molecule has 0 saturated heterocycles. The number of rotatable bonds is 4. The molecule has 6 heteroatoms. The third-order valence-corrected chi connectivity index (χ3v) is 5.79. The number of thiophene rings is 1. The Hall–Kier alpha value is -3.25. The van der Waals surface area contributed by atoms with Crippen LogP contribution in [-0.2, 0) is 6.54 Å². The summed E-state index contributed by atoms with van der Waals surface area (Å²) in [6.07, 6.45) is 1.53. The fraction of sp³-hybridized carbons (Fsp3) is 0.136. The first-order chi connectivity index (χ1) is 13.4. The molecular weight excluding hydrogens is 372 g/mol. The predicted octanol–water partition coefficient (Wildman–Crippen LogP) is 4.49. The number of hydrogen-bond donors (Lipinski definition) is 1. The van der Waals surface area contributed by atoms with Gasteiger partial charge < -0.3 is 5.11 Å². The highest BCUT2D eigenvalue weighted by atomic mass is 32.1. The highest BCUT2D eigenvalue weighted by Crippen LogP contribution is 2.31. The first kappa shape index (κ1) is 18.1. The van der Waals surface area contributed by atoms with Crippen LogP contribution in [0, 0.1) is 13.8 Å². The molecular formula is C22H18N2O3S. The maximum atomic E-state index is 13.2. The van der Waals surface area contributed by atoms with E-state index in [1.165, 1.54) is 39.4 Å². The van der Waals surface area contributed by atoms with E-state index in [1.807, 2.05) is 11.4 Å². The van der Waals surface area contributed by atoms with Crippen LogP contribution in [0.4, 0.5) is 0 Å². The Labute approximate surface area is 165 Å². The molecule has 2 aromatic heterocycles. The smallest absolute Gasteiger partial charge is 0.335 e. The first-order valence-electron chi connectivity index (χ1n) is 8.80. The zero-order valence-corrected chi connectivity index (χ0v) is 16.3. The molecule has 0 aliphatic carbocycles. The van der Waals surface area contributed by atoms with Gasteiger partial charge in [0, 0.05) is 10.9 Å². The summed E-state index contributed by atoms with van der Waals surface area (Å²) in [5.41, 5.74) is 5.08. The normalized spacial score (nSPS) is 11.1. The van der Waals surface area contributed by atoms with Gasteiger partial charge in [-0.25, -0.2) is 9.78 Å². The molecule has 2 aromatic carbocycles. The lowest BCUT2D eigenvalue weighted by molar-refractivity contribution is 0.0696. The summed E-state index contributed by atoms with van der Waals surface area (Å²) >= 11 is 1.45. The van der Waals surface area contributed by atoms with Crippen LogP contribution in [0.1, 0.15) is 27.0 Å². The van der Waals surface area contributed by atoms with E-state index in [0.29, 0.717) is 10.2 Å². The van der Waals surface area contributed by atoms with Gasteiger partial charge in [0.2, 0.25) is 0 Å². The summed E-state index contributed by atoms with van der Waals surface area (Å²) in [6.45, 7) is 4.38. The second-order valence-electron chi connectivity index (χ2n) is 6.81. The van der Waals surface area contributed by atoms with E-state index in [4.69, 9.17) is 5.11 Å². The molecule has 0 saturated carbocycles. The summed E-state index contributed by atoms with van der Waals surface area (Å²) in [5, 5.41) is 11.7. The van der Waals surface area contributed by atoms with Crippen molar-refractivity contribution in [2.45, 2.75) is 20.4 Å². The van der Waals surface area contributed by atoms with Gasteiger partial charge in [0.1, 0.15) is 4.83 Å². The van der Waals surface area contributed by atoms with E-state index in [2.05, 4.69) is 31.0 Å².